The van der Waals surface area contributed by atoms with Gasteiger partial charge in [0.15, 0.2) is 11.7 Å². The van der Waals surface area contributed by atoms with Crippen molar-refractivity contribution >= 4 is 29.9 Å². The lowest BCUT2D eigenvalue weighted by molar-refractivity contribution is 0.376. The first-order valence-corrected chi connectivity index (χ1v) is 7.07. The summed E-state index contributed by atoms with van der Waals surface area (Å²) in [7, 11) is 0. The average molecular weight is 394 g/mol. The van der Waals surface area contributed by atoms with E-state index in [1.807, 2.05) is 6.07 Å². The van der Waals surface area contributed by atoms with Crippen LogP contribution < -0.4 is 10.6 Å². The van der Waals surface area contributed by atoms with E-state index in [9.17, 15) is 0 Å². The Morgan fingerprint density at radius 1 is 1.35 bits per heavy atom. The van der Waals surface area contributed by atoms with Gasteiger partial charge in [0.05, 0.1) is 5.69 Å². The number of nitrogens with one attached hydrogen (secondary N) is 2. The molecule has 1 atom stereocenters. The Balaban J connectivity index is 0.00000361. The molecule has 2 N–H and O–H groups in total. The number of rotatable bonds is 6. The van der Waals surface area contributed by atoms with Crippen molar-refractivity contribution in [2.24, 2.45) is 4.99 Å². The molecular weight excluding hydrogens is 367 g/mol. The summed E-state index contributed by atoms with van der Waals surface area (Å²) in [5, 5.41) is 10.6. The Hall–Kier alpha value is -0.790. The molecule has 0 aliphatic carbocycles. The second-order valence-corrected chi connectivity index (χ2v) is 5.02. The van der Waals surface area contributed by atoms with Crippen molar-refractivity contribution < 1.29 is 4.52 Å². The molecule has 0 saturated carbocycles. The first-order valence-electron chi connectivity index (χ1n) is 7.07. The zero-order valence-corrected chi connectivity index (χ0v) is 15.4. The van der Waals surface area contributed by atoms with Gasteiger partial charge >= 0.3 is 0 Å². The molecule has 0 spiro atoms. The van der Waals surface area contributed by atoms with Crippen molar-refractivity contribution in [3.63, 3.8) is 0 Å². The number of nitrogens with zero attached hydrogens (tertiary/aromatic N) is 2. The smallest absolute Gasteiger partial charge is 0.191 e. The zero-order valence-electron chi connectivity index (χ0n) is 13.1. The van der Waals surface area contributed by atoms with Gasteiger partial charge in [-0.05, 0) is 26.2 Å². The molecule has 0 radical (unpaired) electrons. The molecule has 0 saturated heterocycles. The number of hydrogen-bond donors (Lipinski definition) is 2. The van der Waals surface area contributed by atoms with Crippen LogP contribution in [-0.4, -0.2) is 23.7 Å². The lowest BCUT2D eigenvalue weighted by atomic mass is 10.1. The third kappa shape index (κ3) is 6.58. The molecule has 20 heavy (non-hydrogen) atoms. The van der Waals surface area contributed by atoms with Gasteiger partial charge < -0.3 is 15.2 Å². The number of guanidine groups is 1. The van der Waals surface area contributed by atoms with Crippen molar-refractivity contribution in [3.8, 4) is 0 Å². The van der Waals surface area contributed by atoms with E-state index in [1.165, 1.54) is 0 Å². The van der Waals surface area contributed by atoms with Crippen LogP contribution in [0, 0.1) is 0 Å². The van der Waals surface area contributed by atoms with Gasteiger partial charge in [-0.25, -0.2) is 4.99 Å². The second-order valence-electron chi connectivity index (χ2n) is 5.02. The first-order chi connectivity index (χ1) is 9.06. The molecule has 1 rings (SSSR count). The van der Waals surface area contributed by atoms with E-state index < -0.39 is 0 Å². The monoisotopic (exact) mass is 394 g/mol. The quantitative estimate of drug-likeness (QED) is 0.442. The minimum Gasteiger partial charge on any atom is -0.359 e. The first kappa shape index (κ1) is 19.2. The molecule has 6 heteroatoms. The van der Waals surface area contributed by atoms with Crippen LogP contribution in [0.15, 0.2) is 15.6 Å². The highest BCUT2D eigenvalue weighted by molar-refractivity contribution is 14.0. The Labute approximate surface area is 139 Å². The molecule has 1 heterocycles. The van der Waals surface area contributed by atoms with E-state index >= 15 is 0 Å². The van der Waals surface area contributed by atoms with Crippen LogP contribution >= 0.6 is 24.0 Å². The fourth-order valence-electron chi connectivity index (χ4n) is 1.49. The van der Waals surface area contributed by atoms with E-state index in [0.29, 0.717) is 18.5 Å². The molecule has 5 nitrogen and oxygen atoms in total. The molecule has 0 fully saturated rings. The summed E-state index contributed by atoms with van der Waals surface area (Å²) in [6, 6.07) is 2.37. The van der Waals surface area contributed by atoms with Crippen LogP contribution in [0.2, 0.25) is 0 Å². The fraction of sp³-hybridized carbons (Fsp3) is 0.714. The van der Waals surface area contributed by atoms with Gasteiger partial charge in [0.25, 0.3) is 0 Å². The Morgan fingerprint density at radius 2 is 2.05 bits per heavy atom. The van der Waals surface area contributed by atoms with Gasteiger partial charge in [0, 0.05) is 18.7 Å². The van der Waals surface area contributed by atoms with Crippen LogP contribution in [0.3, 0.4) is 0 Å². The number of hydrogen-bond acceptors (Lipinski definition) is 3. The summed E-state index contributed by atoms with van der Waals surface area (Å²) in [5.74, 6) is 2.00. The van der Waals surface area contributed by atoms with Crippen molar-refractivity contribution in [3.05, 3.63) is 17.5 Å². The van der Waals surface area contributed by atoms with Crippen LogP contribution in [0.4, 0.5) is 0 Å². The third-order valence-corrected chi connectivity index (χ3v) is 2.90. The molecule has 1 unspecified atom stereocenters. The summed E-state index contributed by atoms with van der Waals surface area (Å²) in [5.41, 5.74) is 0.977. The standard InChI is InChI=1S/C14H26N4O.HI/c1-6-11(5)17-14(15-7-2)16-9-12-8-13(10(3)4)18-19-12;/h8,10-11H,6-7,9H2,1-5H3,(H2,15,16,17);1H. The Bertz CT molecular complexity index is 404. The molecule has 1 aromatic heterocycles. The summed E-state index contributed by atoms with van der Waals surface area (Å²) < 4.78 is 5.27. The second kappa shape index (κ2) is 10.0. The highest BCUT2D eigenvalue weighted by atomic mass is 127. The lowest BCUT2D eigenvalue weighted by Crippen LogP contribution is -2.41. The van der Waals surface area contributed by atoms with Gasteiger partial charge in [-0.15, -0.1) is 24.0 Å². The van der Waals surface area contributed by atoms with Crippen molar-refractivity contribution in [2.45, 2.75) is 59.5 Å². The van der Waals surface area contributed by atoms with Gasteiger partial charge in [-0.3, -0.25) is 0 Å². The van der Waals surface area contributed by atoms with Gasteiger partial charge in [-0.2, -0.15) is 0 Å². The van der Waals surface area contributed by atoms with Crippen molar-refractivity contribution in [1.29, 1.82) is 0 Å². The highest BCUT2D eigenvalue weighted by Crippen LogP contribution is 2.14. The van der Waals surface area contributed by atoms with E-state index in [1.54, 1.807) is 0 Å². The topological polar surface area (TPSA) is 62.5 Å². The molecule has 0 amide bonds. The number of aliphatic imine (C=N–C) groups is 1. The van der Waals surface area contributed by atoms with E-state index in [2.05, 4.69) is 55.4 Å². The van der Waals surface area contributed by atoms with Crippen molar-refractivity contribution in [2.75, 3.05) is 6.54 Å². The normalized spacial score (nSPS) is 13.0. The molecular formula is C14H27IN4O. The van der Waals surface area contributed by atoms with Crippen LogP contribution in [0.5, 0.6) is 0 Å². The lowest BCUT2D eigenvalue weighted by Gasteiger charge is -2.15. The minimum atomic E-state index is 0. The average Bonchev–Trinajstić information content (AvgIpc) is 2.85. The van der Waals surface area contributed by atoms with Crippen LogP contribution in [0.1, 0.15) is 58.4 Å². The summed E-state index contributed by atoms with van der Waals surface area (Å²) in [6.07, 6.45) is 1.06. The maximum absolute atomic E-state index is 5.27. The van der Waals surface area contributed by atoms with E-state index in [-0.39, 0.29) is 24.0 Å². The fourth-order valence-corrected chi connectivity index (χ4v) is 1.49. The maximum Gasteiger partial charge on any atom is 0.191 e. The van der Waals surface area contributed by atoms with Crippen LogP contribution in [-0.2, 0) is 6.54 Å². The SMILES string of the molecule is CCNC(=NCc1cc(C(C)C)no1)NC(C)CC.I. The largest absolute Gasteiger partial charge is 0.359 e. The van der Waals surface area contributed by atoms with Gasteiger partial charge in [0.1, 0.15) is 6.54 Å². The van der Waals surface area contributed by atoms with E-state index in [0.717, 1.165) is 30.4 Å². The Kier molecular flexibility index (Phi) is 9.62. The van der Waals surface area contributed by atoms with Crippen molar-refractivity contribution in [1.82, 2.24) is 15.8 Å². The molecule has 0 aliphatic rings. The predicted octanol–water partition coefficient (Wildman–Crippen LogP) is 3.27. The zero-order chi connectivity index (χ0) is 14.3. The summed E-state index contributed by atoms with van der Waals surface area (Å²) >= 11 is 0. The number of aromatic nitrogens is 1. The maximum atomic E-state index is 5.27. The molecule has 1 aromatic rings. The van der Waals surface area contributed by atoms with E-state index in [4.69, 9.17) is 4.52 Å². The van der Waals surface area contributed by atoms with Crippen LogP contribution in [0.25, 0.3) is 0 Å². The summed E-state index contributed by atoms with van der Waals surface area (Å²) in [6.45, 7) is 11.9. The third-order valence-electron chi connectivity index (χ3n) is 2.90. The molecule has 0 aromatic carbocycles. The number of halogens is 1. The molecule has 0 bridgehead atoms. The minimum absolute atomic E-state index is 0. The predicted molar refractivity (Wildman–Crippen MR) is 93.7 cm³/mol. The van der Waals surface area contributed by atoms with Gasteiger partial charge in [0.2, 0.25) is 0 Å². The molecule has 0 aliphatic heterocycles. The Morgan fingerprint density at radius 3 is 2.55 bits per heavy atom. The molecule has 116 valence electrons. The van der Waals surface area contributed by atoms with Gasteiger partial charge in [-0.1, -0.05) is 25.9 Å². The highest BCUT2D eigenvalue weighted by Gasteiger charge is 2.08. The summed E-state index contributed by atoms with van der Waals surface area (Å²) in [4.78, 5) is 4.50.